The Morgan fingerprint density at radius 2 is 1.67 bits per heavy atom. The van der Waals surface area contributed by atoms with Gasteiger partial charge in [0.15, 0.2) is 0 Å². The number of carbonyl (C=O) groups is 1. The Kier molecular flexibility index (Phi) is 6.57. The van der Waals surface area contributed by atoms with Crippen LogP contribution >= 0.6 is 0 Å². The van der Waals surface area contributed by atoms with Crippen molar-refractivity contribution >= 4 is 5.91 Å². The van der Waals surface area contributed by atoms with E-state index in [1.54, 1.807) is 0 Å². The fourth-order valence-electron chi connectivity index (χ4n) is 1.31. The highest BCUT2D eigenvalue weighted by molar-refractivity contribution is 5.77. The van der Waals surface area contributed by atoms with Crippen LogP contribution in [0.15, 0.2) is 0 Å². The summed E-state index contributed by atoms with van der Waals surface area (Å²) in [6.07, 6.45) is 0.113. The smallest absolute Gasteiger partial charge is 0.248 e. The summed E-state index contributed by atoms with van der Waals surface area (Å²) in [4.78, 5) is 13.7. The molecule has 0 heterocycles. The van der Waals surface area contributed by atoms with Crippen LogP contribution in [-0.2, 0) is 9.53 Å². The zero-order chi connectivity index (χ0) is 12.0. The maximum Gasteiger partial charge on any atom is 0.248 e. The van der Waals surface area contributed by atoms with Crippen LogP contribution in [0.5, 0.6) is 0 Å². The van der Waals surface area contributed by atoms with Gasteiger partial charge in [0.05, 0.1) is 6.10 Å². The molecule has 0 aliphatic carbocycles. The second-order valence-electron chi connectivity index (χ2n) is 4.89. The molecule has 90 valence electrons. The molecule has 0 aromatic rings. The molecule has 0 unspecified atom stereocenters. The Balaban J connectivity index is 4.17. The molecular weight excluding hydrogens is 190 g/mol. The maximum atomic E-state index is 11.8. The number of rotatable bonds is 6. The molecule has 0 spiro atoms. The number of carbonyl (C=O) groups excluding carboxylic acids is 1. The Labute approximate surface area is 93.8 Å². The lowest BCUT2D eigenvalue weighted by Crippen LogP contribution is -2.41. The molecule has 0 saturated heterocycles. The van der Waals surface area contributed by atoms with Crippen LogP contribution in [0.2, 0.25) is 0 Å². The van der Waals surface area contributed by atoms with Crippen molar-refractivity contribution in [3.63, 3.8) is 0 Å². The number of nitrogens with zero attached hydrogens (tertiary/aromatic N) is 1. The van der Waals surface area contributed by atoms with E-state index in [-0.39, 0.29) is 24.7 Å². The molecule has 0 aliphatic heterocycles. The SMILES string of the molecule is CC(C)CN(C(=O)COC(C)C)C(C)C. The van der Waals surface area contributed by atoms with Gasteiger partial charge in [0, 0.05) is 12.6 Å². The summed E-state index contributed by atoms with van der Waals surface area (Å²) < 4.78 is 5.33. The third kappa shape index (κ3) is 6.50. The lowest BCUT2D eigenvalue weighted by Gasteiger charge is -2.28. The van der Waals surface area contributed by atoms with Crippen molar-refractivity contribution in [1.82, 2.24) is 4.90 Å². The molecule has 15 heavy (non-hydrogen) atoms. The summed E-state index contributed by atoms with van der Waals surface area (Å²) in [5.74, 6) is 0.586. The van der Waals surface area contributed by atoms with E-state index >= 15 is 0 Å². The van der Waals surface area contributed by atoms with Gasteiger partial charge in [0.2, 0.25) is 5.91 Å². The Bertz CT molecular complexity index is 188. The average Bonchev–Trinajstić information content (AvgIpc) is 2.09. The van der Waals surface area contributed by atoms with E-state index in [0.717, 1.165) is 6.54 Å². The molecule has 1 amide bonds. The monoisotopic (exact) mass is 215 g/mol. The number of hydrogen-bond acceptors (Lipinski definition) is 2. The summed E-state index contributed by atoms with van der Waals surface area (Å²) >= 11 is 0. The predicted molar refractivity (Wildman–Crippen MR) is 62.8 cm³/mol. The quantitative estimate of drug-likeness (QED) is 0.680. The Morgan fingerprint density at radius 1 is 1.13 bits per heavy atom. The zero-order valence-electron chi connectivity index (χ0n) is 10.9. The molecule has 0 aromatic heterocycles. The highest BCUT2D eigenvalue weighted by Gasteiger charge is 2.18. The molecule has 0 fully saturated rings. The first-order valence-corrected chi connectivity index (χ1v) is 5.75. The van der Waals surface area contributed by atoms with Crippen molar-refractivity contribution in [2.24, 2.45) is 5.92 Å². The van der Waals surface area contributed by atoms with Gasteiger partial charge in [-0.3, -0.25) is 4.79 Å². The van der Waals surface area contributed by atoms with E-state index < -0.39 is 0 Å². The normalized spacial score (nSPS) is 11.5. The van der Waals surface area contributed by atoms with E-state index in [4.69, 9.17) is 4.74 Å². The summed E-state index contributed by atoms with van der Waals surface area (Å²) in [7, 11) is 0. The summed E-state index contributed by atoms with van der Waals surface area (Å²) in [6.45, 7) is 13.2. The lowest BCUT2D eigenvalue weighted by atomic mass is 10.2. The van der Waals surface area contributed by atoms with Crippen LogP contribution in [0.4, 0.5) is 0 Å². The fourth-order valence-corrected chi connectivity index (χ4v) is 1.31. The van der Waals surface area contributed by atoms with E-state index in [1.165, 1.54) is 0 Å². The van der Waals surface area contributed by atoms with Crippen molar-refractivity contribution < 1.29 is 9.53 Å². The average molecular weight is 215 g/mol. The van der Waals surface area contributed by atoms with Crippen LogP contribution < -0.4 is 0 Å². The van der Waals surface area contributed by atoms with Crippen molar-refractivity contribution in [3.8, 4) is 0 Å². The van der Waals surface area contributed by atoms with Gasteiger partial charge in [-0.15, -0.1) is 0 Å². The third-order valence-corrected chi connectivity index (χ3v) is 2.05. The van der Waals surface area contributed by atoms with Crippen LogP contribution in [0.25, 0.3) is 0 Å². The first-order valence-electron chi connectivity index (χ1n) is 5.75. The van der Waals surface area contributed by atoms with Crippen LogP contribution in [0.1, 0.15) is 41.5 Å². The van der Waals surface area contributed by atoms with Crippen molar-refractivity contribution in [2.45, 2.75) is 53.7 Å². The highest BCUT2D eigenvalue weighted by atomic mass is 16.5. The van der Waals surface area contributed by atoms with E-state index in [1.807, 2.05) is 32.6 Å². The Hall–Kier alpha value is -0.570. The van der Waals surface area contributed by atoms with Gasteiger partial charge in [-0.25, -0.2) is 0 Å². The number of amides is 1. The maximum absolute atomic E-state index is 11.8. The molecule has 0 aromatic carbocycles. The van der Waals surface area contributed by atoms with Crippen molar-refractivity contribution in [3.05, 3.63) is 0 Å². The van der Waals surface area contributed by atoms with Crippen molar-refractivity contribution in [1.29, 1.82) is 0 Å². The molecule has 0 saturated carbocycles. The first kappa shape index (κ1) is 14.4. The van der Waals surface area contributed by atoms with Gasteiger partial charge in [-0.05, 0) is 33.6 Å². The highest BCUT2D eigenvalue weighted by Crippen LogP contribution is 2.05. The minimum atomic E-state index is 0.0902. The molecule has 0 rings (SSSR count). The summed E-state index contributed by atoms with van der Waals surface area (Å²) in [5, 5.41) is 0. The summed E-state index contributed by atoms with van der Waals surface area (Å²) in [5.41, 5.74) is 0. The molecule has 0 N–H and O–H groups in total. The zero-order valence-corrected chi connectivity index (χ0v) is 10.9. The summed E-state index contributed by atoms with van der Waals surface area (Å²) in [6, 6.07) is 0.246. The van der Waals surface area contributed by atoms with Gasteiger partial charge >= 0.3 is 0 Å². The third-order valence-electron chi connectivity index (χ3n) is 2.05. The molecule has 3 heteroatoms. The van der Waals surface area contributed by atoms with Crippen LogP contribution in [0.3, 0.4) is 0 Å². The van der Waals surface area contributed by atoms with Gasteiger partial charge in [-0.1, -0.05) is 13.8 Å². The molecule has 0 aliphatic rings. The first-order chi connectivity index (χ1) is 6.84. The fraction of sp³-hybridized carbons (Fsp3) is 0.917. The number of ether oxygens (including phenoxy) is 1. The molecule has 0 atom stereocenters. The topological polar surface area (TPSA) is 29.5 Å². The van der Waals surface area contributed by atoms with Crippen LogP contribution in [0, 0.1) is 5.92 Å². The van der Waals surface area contributed by atoms with E-state index in [2.05, 4.69) is 13.8 Å². The van der Waals surface area contributed by atoms with Crippen molar-refractivity contribution in [2.75, 3.05) is 13.2 Å². The molecule has 0 bridgehead atoms. The van der Waals surface area contributed by atoms with E-state index in [0.29, 0.717) is 5.92 Å². The second kappa shape index (κ2) is 6.83. The van der Waals surface area contributed by atoms with Gasteiger partial charge < -0.3 is 9.64 Å². The molecule has 0 radical (unpaired) electrons. The van der Waals surface area contributed by atoms with Crippen LogP contribution in [-0.4, -0.2) is 36.1 Å². The number of hydrogen-bond donors (Lipinski definition) is 0. The van der Waals surface area contributed by atoms with Gasteiger partial charge in [0.25, 0.3) is 0 Å². The predicted octanol–water partition coefficient (Wildman–Crippen LogP) is 2.30. The van der Waals surface area contributed by atoms with Gasteiger partial charge in [0.1, 0.15) is 6.61 Å². The molecule has 3 nitrogen and oxygen atoms in total. The largest absolute Gasteiger partial charge is 0.369 e. The van der Waals surface area contributed by atoms with Gasteiger partial charge in [-0.2, -0.15) is 0 Å². The lowest BCUT2D eigenvalue weighted by molar-refractivity contribution is -0.139. The minimum Gasteiger partial charge on any atom is -0.369 e. The Morgan fingerprint density at radius 3 is 2.00 bits per heavy atom. The minimum absolute atomic E-state index is 0.0902. The van der Waals surface area contributed by atoms with E-state index in [9.17, 15) is 4.79 Å². The molecular formula is C12H25NO2. The second-order valence-corrected chi connectivity index (χ2v) is 4.89. The standard InChI is InChI=1S/C12H25NO2/c1-9(2)7-13(10(3)4)12(14)8-15-11(5)6/h9-11H,7-8H2,1-6H3.